The number of carboxylic acids is 1. The van der Waals surface area contributed by atoms with Crippen molar-refractivity contribution in [1.29, 1.82) is 0 Å². The van der Waals surface area contributed by atoms with E-state index in [0.29, 0.717) is 47.6 Å². The van der Waals surface area contributed by atoms with Gasteiger partial charge in [0.25, 0.3) is 5.91 Å². The number of benzene rings is 3. The van der Waals surface area contributed by atoms with E-state index < -0.39 is 17.7 Å². The zero-order valence-corrected chi connectivity index (χ0v) is 19.2. The summed E-state index contributed by atoms with van der Waals surface area (Å²) in [6.45, 7) is 0.942. The third-order valence-electron chi connectivity index (χ3n) is 5.54. The monoisotopic (exact) mass is 486 g/mol. The fourth-order valence-electron chi connectivity index (χ4n) is 3.96. The Morgan fingerprint density at radius 2 is 1.85 bits per heavy atom. The first-order chi connectivity index (χ1) is 15.9. The van der Waals surface area contributed by atoms with Crippen molar-refractivity contribution in [1.82, 2.24) is 0 Å². The van der Waals surface area contributed by atoms with Crippen LogP contribution in [-0.2, 0) is 6.42 Å². The number of hydrogen-bond acceptors (Lipinski definition) is 5. The fraction of sp³-hybridized carbons (Fsp3) is 0.200. The molecule has 0 aromatic heterocycles. The number of fused-ring (bicyclic) bond motifs is 1. The van der Waals surface area contributed by atoms with Crippen molar-refractivity contribution in [2.24, 2.45) is 5.73 Å². The quantitative estimate of drug-likeness (QED) is 0.520. The number of carboxylic acid groups (broad SMARTS) is 1. The van der Waals surface area contributed by atoms with Crippen LogP contribution in [0.3, 0.4) is 0 Å². The van der Waals surface area contributed by atoms with Crippen LogP contribution in [-0.4, -0.2) is 43.8 Å². The van der Waals surface area contributed by atoms with Gasteiger partial charge in [0.05, 0.1) is 18.2 Å². The zero-order valence-electron chi connectivity index (χ0n) is 18.4. The molecule has 0 atom stereocenters. The van der Waals surface area contributed by atoms with Crippen LogP contribution < -0.4 is 20.1 Å². The Labute approximate surface area is 202 Å². The molecule has 0 saturated heterocycles. The molecule has 9 heteroatoms. The minimum atomic E-state index is -1.15. The summed E-state index contributed by atoms with van der Waals surface area (Å²) < 4.78 is 26.0. The van der Waals surface area contributed by atoms with Crippen LogP contribution in [0.5, 0.6) is 11.5 Å². The molecule has 7 nitrogen and oxygen atoms in total. The Balaban J connectivity index is 0.00000324. The standard InChI is InChI=1S/C25H23FN2O5.ClH/c1-32-22-7-6-16(25(30)31)12-19(22)24(29)28-10-8-15-13-20(26)18(14-21(15)28)17-4-2-3-5-23(17)33-11-9-27;/h2-7,12-14H,8-11,27H2,1H3,(H,30,31);1H. The number of nitrogens with two attached hydrogens (primary N) is 1. The maximum atomic E-state index is 15.1. The summed E-state index contributed by atoms with van der Waals surface area (Å²) in [6.07, 6.45) is 0.477. The molecule has 4 rings (SSSR count). The molecule has 3 aromatic carbocycles. The molecule has 34 heavy (non-hydrogen) atoms. The number of hydrogen-bond donors (Lipinski definition) is 2. The summed E-state index contributed by atoms with van der Waals surface area (Å²) in [4.78, 5) is 26.4. The van der Waals surface area contributed by atoms with Gasteiger partial charge < -0.3 is 25.2 Å². The third-order valence-corrected chi connectivity index (χ3v) is 5.54. The Bertz CT molecular complexity index is 1230. The molecular weight excluding hydrogens is 463 g/mol. The van der Waals surface area contributed by atoms with Crippen molar-refractivity contribution in [3.05, 3.63) is 77.1 Å². The number of amides is 1. The molecular formula is C25H24ClFN2O5. The number of nitrogens with zero attached hydrogens (tertiary/aromatic N) is 1. The average molecular weight is 487 g/mol. The van der Waals surface area contributed by atoms with Gasteiger partial charge in [0.15, 0.2) is 0 Å². The fourth-order valence-corrected chi connectivity index (χ4v) is 3.96. The Kier molecular flexibility index (Phi) is 7.75. The molecule has 0 unspecified atom stereocenters. The van der Waals surface area contributed by atoms with Gasteiger partial charge in [-0.25, -0.2) is 9.18 Å². The second-order valence-electron chi connectivity index (χ2n) is 7.52. The molecule has 1 aliphatic rings. The summed E-state index contributed by atoms with van der Waals surface area (Å²) in [7, 11) is 1.41. The lowest BCUT2D eigenvalue weighted by molar-refractivity contribution is 0.0697. The lowest BCUT2D eigenvalue weighted by Gasteiger charge is -2.20. The van der Waals surface area contributed by atoms with E-state index in [0.717, 1.165) is 0 Å². The molecule has 0 spiro atoms. The van der Waals surface area contributed by atoms with Gasteiger partial charge in [-0.3, -0.25) is 4.79 Å². The molecule has 1 heterocycles. The molecule has 0 fully saturated rings. The van der Waals surface area contributed by atoms with E-state index in [1.165, 1.54) is 36.3 Å². The Morgan fingerprint density at radius 1 is 1.09 bits per heavy atom. The van der Waals surface area contributed by atoms with Crippen molar-refractivity contribution in [2.75, 3.05) is 31.7 Å². The van der Waals surface area contributed by atoms with Gasteiger partial charge in [-0.1, -0.05) is 18.2 Å². The summed E-state index contributed by atoms with van der Waals surface area (Å²) >= 11 is 0. The molecule has 0 aliphatic carbocycles. The normalized spacial score (nSPS) is 12.0. The van der Waals surface area contributed by atoms with Gasteiger partial charge in [-0.2, -0.15) is 0 Å². The molecule has 3 aromatic rings. The average Bonchev–Trinajstić information content (AvgIpc) is 3.24. The zero-order chi connectivity index (χ0) is 23.5. The highest BCUT2D eigenvalue weighted by atomic mass is 35.5. The van der Waals surface area contributed by atoms with E-state index in [9.17, 15) is 14.7 Å². The van der Waals surface area contributed by atoms with E-state index >= 15 is 4.39 Å². The van der Waals surface area contributed by atoms with Crippen LogP contribution in [0.4, 0.5) is 10.1 Å². The summed E-state index contributed by atoms with van der Waals surface area (Å²) in [5, 5.41) is 9.33. The van der Waals surface area contributed by atoms with Gasteiger partial charge in [0.2, 0.25) is 0 Å². The molecule has 0 radical (unpaired) electrons. The highest BCUT2D eigenvalue weighted by Crippen LogP contribution is 2.39. The number of para-hydroxylation sites is 1. The summed E-state index contributed by atoms with van der Waals surface area (Å²) in [5.41, 5.74) is 7.75. The summed E-state index contributed by atoms with van der Waals surface area (Å²) in [5.74, 6) is -1.22. The number of anilines is 1. The number of halogens is 2. The number of aromatic carboxylic acids is 1. The van der Waals surface area contributed by atoms with E-state index in [4.69, 9.17) is 15.2 Å². The topological polar surface area (TPSA) is 102 Å². The molecule has 0 saturated carbocycles. The van der Waals surface area contributed by atoms with Crippen molar-refractivity contribution in [2.45, 2.75) is 6.42 Å². The molecule has 178 valence electrons. The number of methoxy groups -OCH3 is 1. The van der Waals surface area contributed by atoms with E-state index in [1.807, 2.05) is 0 Å². The Hall–Kier alpha value is -3.62. The van der Waals surface area contributed by atoms with E-state index in [1.54, 1.807) is 30.3 Å². The number of ether oxygens (including phenoxy) is 2. The van der Waals surface area contributed by atoms with E-state index in [-0.39, 0.29) is 35.9 Å². The van der Waals surface area contributed by atoms with Crippen molar-refractivity contribution in [3.63, 3.8) is 0 Å². The van der Waals surface area contributed by atoms with Crippen LogP contribution in [0.25, 0.3) is 11.1 Å². The first-order valence-corrected chi connectivity index (χ1v) is 10.4. The van der Waals surface area contributed by atoms with E-state index in [2.05, 4.69) is 0 Å². The van der Waals surface area contributed by atoms with Crippen LogP contribution >= 0.6 is 12.4 Å². The lowest BCUT2D eigenvalue weighted by Crippen LogP contribution is -2.29. The predicted octanol–water partition coefficient (Wildman–Crippen LogP) is 4.16. The maximum absolute atomic E-state index is 15.1. The van der Waals surface area contributed by atoms with Gasteiger partial charge in [0, 0.05) is 29.9 Å². The van der Waals surface area contributed by atoms with Gasteiger partial charge in [-0.15, -0.1) is 12.4 Å². The van der Waals surface area contributed by atoms with Crippen molar-refractivity contribution in [3.8, 4) is 22.6 Å². The number of rotatable bonds is 7. The second-order valence-corrected chi connectivity index (χ2v) is 7.52. The first-order valence-electron chi connectivity index (χ1n) is 10.4. The number of carbonyl (C=O) groups excluding carboxylic acids is 1. The minimum absolute atomic E-state index is 0. The second kappa shape index (κ2) is 10.5. The minimum Gasteiger partial charge on any atom is -0.496 e. The molecule has 1 aliphatic heterocycles. The van der Waals surface area contributed by atoms with Crippen LogP contribution in [0.1, 0.15) is 26.3 Å². The summed E-state index contributed by atoms with van der Waals surface area (Å²) in [6, 6.07) is 14.2. The largest absolute Gasteiger partial charge is 0.496 e. The smallest absolute Gasteiger partial charge is 0.335 e. The molecule has 0 bridgehead atoms. The molecule has 3 N–H and O–H groups in total. The van der Waals surface area contributed by atoms with Gasteiger partial charge in [0.1, 0.15) is 23.9 Å². The van der Waals surface area contributed by atoms with Crippen molar-refractivity contribution >= 4 is 30.0 Å². The third kappa shape index (κ3) is 4.69. The van der Waals surface area contributed by atoms with Crippen LogP contribution in [0, 0.1) is 5.82 Å². The maximum Gasteiger partial charge on any atom is 0.335 e. The lowest BCUT2D eigenvalue weighted by atomic mass is 10.0. The number of carbonyl (C=O) groups is 2. The first kappa shape index (κ1) is 25.0. The SMILES string of the molecule is COc1ccc(C(=O)O)cc1C(=O)N1CCc2cc(F)c(-c3ccccc3OCCN)cc21.Cl. The van der Waals surface area contributed by atoms with Gasteiger partial charge >= 0.3 is 5.97 Å². The van der Waals surface area contributed by atoms with Crippen LogP contribution in [0.15, 0.2) is 54.6 Å². The predicted molar refractivity (Wildman–Crippen MR) is 129 cm³/mol. The highest BCUT2D eigenvalue weighted by Gasteiger charge is 2.30. The van der Waals surface area contributed by atoms with Crippen LogP contribution in [0.2, 0.25) is 0 Å². The molecule has 1 amide bonds. The van der Waals surface area contributed by atoms with Gasteiger partial charge in [-0.05, 0) is 48.4 Å². The van der Waals surface area contributed by atoms with Crippen molar-refractivity contribution < 1.29 is 28.6 Å². The Morgan fingerprint density at radius 3 is 2.56 bits per heavy atom. The highest BCUT2D eigenvalue weighted by molar-refractivity contribution is 6.10.